The molecule has 0 saturated heterocycles. The molecule has 0 spiro atoms. The van der Waals surface area contributed by atoms with Crippen molar-refractivity contribution < 1.29 is 13.9 Å². The van der Waals surface area contributed by atoms with Gasteiger partial charge in [-0.25, -0.2) is 8.78 Å². The van der Waals surface area contributed by atoms with Crippen molar-refractivity contribution in [3.8, 4) is 0 Å². The topological polar surface area (TPSA) is 32.3 Å². The van der Waals surface area contributed by atoms with Gasteiger partial charge in [-0.1, -0.05) is 19.3 Å². The lowest BCUT2D eigenvalue weighted by Crippen LogP contribution is -2.56. The average Bonchev–Trinajstić information content (AvgIpc) is 2.38. The molecule has 0 bridgehead atoms. The quantitative estimate of drug-likeness (QED) is 0.863. The summed E-state index contributed by atoms with van der Waals surface area (Å²) in [4.78, 5) is 0. The maximum absolute atomic E-state index is 13.3. The molecule has 0 unspecified atom stereocenters. The van der Waals surface area contributed by atoms with E-state index in [0.717, 1.165) is 44.6 Å². The lowest BCUT2D eigenvalue weighted by molar-refractivity contribution is -0.0835. The van der Waals surface area contributed by atoms with Gasteiger partial charge in [0, 0.05) is 11.8 Å². The average molecular weight is 281 g/mol. The smallest absolute Gasteiger partial charge is 0.128 e. The Balaban J connectivity index is 1.81. The van der Waals surface area contributed by atoms with Crippen molar-refractivity contribution in [1.82, 2.24) is 0 Å². The van der Waals surface area contributed by atoms with E-state index in [2.05, 4.69) is 5.32 Å². The van der Waals surface area contributed by atoms with Crippen molar-refractivity contribution >= 4 is 5.69 Å². The second-order valence-electron chi connectivity index (χ2n) is 6.22. The van der Waals surface area contributed by atoms with Crippen LogP contribution in [-0.4, -0.2) is 16.7 Å². The Hall–Kier alpha value is -1.16. The summed E-state index contributed by atoms with van der Waals surface area (Å²) in [6.07, 6.45) is 7.02. The summed E-state index contributed by atoms with van der Waals surface area (Å²) in [7, 11) is 0. The van der Waals surface area contributed by atoms with E-state index in [0.29, 0.717) is 11.6 Å². The van der Waals surface area contributed by atoms with Crippen LogP contribution in [0.1, 0.15) is 44.9 Å². The van der Waals surface area contributed by atoms with Gasteiger partial charge >= 0.3 is 0 Å². The summed E-state index contributed by atoms with van der Waals surface area (Å²) in [5.41, 5.74) is -0.300. The Kier molecular flexibility index (Phi) is 3.67. The Bertz CT molecular complexity index is 471. The van der Waals surface area contributed by atoms with Crippen LogP contribution >= 0.6 is 0 Å². The summed E-state index contributed by atoms with van der Waals surface area (Å²) in [5, 5.41) is 14.2. The highest BCUT2D eigenvalue weighted by molar-refractivity contribution is 5.45. The third-order valence-corrected chi connectivity index (χ3v) is 4.94. The molecule has 0 heterocycles. The van der Waals surface area contributed by atoms with Gasteiger partial charge in [0.15, 0.2) is 0 Å². The van der Waals surface area contributed by atoms with Gasteiger partial charge in [0.2, 0.25) is 0 Å². The van der Waals surface area contributed by atoms with Crippen molar-refractivity contribution in [2.24, 2.45) is 5.92 Å². The molecule has 1 aromatic carbocycles. The Labute approximate surface area is 118 Å². The van der Waals surface area contributed by atoms with E-state index < -0.39 is 17.2 Å². The molecule has 0 amide bonds. The molecular formula is C16H21F2NO. The van der Waals surface area contributed by atoms with Gasteiger partial charge in [-0.05, 0) is 43.7 Å². The number of halogens is 2. The lowest BCUT2D eigenvalue weighted by atomic mass is 9.65. The number of nitrogens with one attached hydrogen (secondary N) is 1. The molecule has 4 heteroatoms. The van der Waals surface area contributed by atoms with Gasteiger partial charge in [0.05, 0.1) is 11.6 Å². The molecule has 2 nitrogen and oxygen atoms in total. The number of rotatable bonds is 2. The number of anilines is 1. The Morgan fingerprint density at radius 3 is 2.45 bits per heavy atom. The number of benzene rings is 1. The molecule has 2 aliphatic carbocycles. The van der Waals surface area contributed by atoms with Gasteiger partial charge in [0.1, 0.15) is 11.6 Å². The first-order chi connectivity index (χ1) is 9.58. The third kappa shape index (κ3) is 2.53. The van der Waals surface area contributed by atoms with Crippen molar-refractivity contribution in [3.63, 3.8) is 0 Å². The highest BCUT2D eigenvalue weighted by Crippen LogP contribution is 2.44. The molecule has 2 N–H and O–H groups in total. The maximum atomic E-state index is 13.3. The van der Waals surface area contributed by atoms with Crippen LogP contribution in [0, 0.1) is 17.6 Å². The van der Waals surface area contributed by atoms with Crippen LogP contribution in [0.5, 0.6) is 0 Å². The van der Waals surface area contributed by atoms with Crippen LogP contribution in [-0.2, 0) is 0 Å². The van der Waals surface area contributed by atoms with Crippen LogP contribution in [0.25, 0.3) is 0 Å². The normalized spacial score (nSPS) is 33.5. The van der Waals surface area contributed by atoms with Gasteiger partial charge < -0.3 is 10.4 Å². The fourth-order valence-corrected chi connectivity index (χ4v) is 3.96. The predicted molar refractivity (Wildman–Crippen MR) is 74.5 cm³/mol. The van der Waals surface area contributed by atoms with E-state index in [1.807, 2.05) is 0 Å². The third-order valence-electron chi connectivity index (χ3n) is 4.94. The fourth-order valence-electron chi connectivity index (χ4n) is 3.96. The van der Waals surface area contributed by atoms with Crippen LogP contribution in [0.2, 0.25) is 0 Å². The maximum Gasteiger partial charge on any atom is 0.128 e. The van der Waals surface area contributed by atoms with E-state index in [1.54, 1.807) is 0 Å². The molecule has 0 aliphatic heterocycles. The van der Waals surface area contributed by atoms with Crippen LogP contribution < -0.4 is 5.32 Å². The molecule has 3 rings (SSSR count). The predicted octanol–water partition coefficient (Wildman–Crippen LogP) is 3.85. The van der Waals surface area contributed by atoms with Crippen LogP contribution in [0.15, 0.2) is 18.2 Å². The van der Waals surface area contributed by atoms with Crippen LogP contribution in [0.3, 0.4) is 0 Å². The number of aliphatic hydroxyl groups is 1. The number of hydrogen-bond acceptors (Lipinski definition) is 2. The summed E-state index contributed by atoms with van der Waals surface area (Å²) in [6.45, 7) is 0. The second kappa shape index (κ2) is 5.32. The van der Waals surface area contributed by atoms with Gasteiger partial charge in [-0.15, -0.1) is 0 Å². The summed E-state index contributed by atoms with van der Waals surface area (Å²) in [5.74, 6) is -0.855. The minimum atomic E-state index is -0.723. The summed E-state index contributed by atoms with van der Waals surface area (Å²) in [6, 6.07) is 3.34. The van der Waals surface area contributed by atoms with Gasteiger partial charge in [-0.3, -0.25) is 0 Å². The highest BCUT2D eigenvalue weighted by Gasteiger charge is 2.47. The van der Waals surface area contributed by atoms with Crippen LogP contribution in [0.4, 0.5) is 14.5 Å². The SMILES string of the molecule is O[C@]12CCCC[C@@H]1CCC[C@@H]2Nc1cc(F)cc(F)c1. The lowest BCUT2D eigenvalue weighted by Gasteiger charge is -2.49. The highest BCUT2D eigenvalue weighted by atomic mass is 19.1. The summed E-state index contributed by atoms with van der Waals surface area (Å²) >= 11 is 0. The molecule has 20 heavy (non-hydrogen) atoms. The molecule has 110 valence electrons. The van der Waals surface area contributed by atoms with E-state index in [4.69, 9.17) is 0 Å². The zero-order chi connectivity index (χ0) is 14.2. The first-order valence-corrected chi connectivity index (χ1v) is 7.53. The number of fused-ring (bicyclic) bond motifs is 1. The Morgan fingerprint density at radius 1 is 1.00 bits per heavy atom. The molecule has 1 aromatic rings. The van der Waals surface area contributed by atoms with Gasteiger partial charge in [0.25, 0.3) is 0 Å². The van der Waals surface area contributed by atoms with E-state index >= 15 is 0 Å². The van der Waals surface area contributed by atoms with Crippen molar-refractivity contribution in [2.75, 3.05) is 5.32 Å². The molecule has 0 aromatic heterocycles. The molecule has 2 fully saturated rings. The van der Waals surface area contributed by atoms with E-state index in [-0.39, 0.29) is 6.04 Å². The zero-order valence-corrected chi connectivity index (χ0v) is 11.5. The van der Waals surface area contributed by atoms with Crippen molar-refractivity contribution in [3.05, 3.63) is 29.8 Å². The largest absolute Gasteiger partial charge is 0.387 e. The van der Waals surface area contributed by atoms with Crippen molar-refractivity contribution in [1.29, 1.82) is 0 Å². The molecular weight excluding hydrogens is 260 g/mol. The first kappa shape index (κ1) is 13.8. The summed E-state index contributed by atoms with van der Waals surface area (Å²) < 4.78 is 26.5. The zero-order valence-electron chi connectivity index (χ0n) is 11.5. The van der Waals surface area contributed by atoms with E-state index in [1.165, 1.54) is 18.6 Å². The fraction of sp³-hybridized carbons (Fsp3) is 0.625. The monoisotopic (exact) mass is 281 g/mol. The molecule has 2 saturated carbocycles. The second-order valence-corrected chi connectivity index (χ2v) is 6.22. The van der Waals surface area contributed by atoms with Gasteiger partial charge in [-0.2, -0.15) is 0 Å². The first-order valence-electron chi connectivity index (χ1n) is 7.53. The standard InChI is InChI=1S/C16H21F2NO/c17-12-8-13(18)10-14(9-12)19-15-6-3-5-11-4-1-2-7-16(11,15)20/h8-11,15,19-20H,1-7H2/t11-,15+,16-/m1/s1. The molecule has 3 atom stereocenters. The van der Waals surface area contributed by atoms with E-state index in [9.17, 15) is 13.9 Å². The Morgan fingerprint density at radius 2 is 1.70 bits per heavy atom. The molecule has 2 aliphatic rings. The van der Waals surface area contributed by atoms with Crippen molar-refractivity contribution in [2.45, 2.75) is 56.6 Å². The minimum Gasteiger partial charge on any atom is -0.387 e. The molecule has 0 radical (unpaired) electrons. The minimum absolute atomic E-state index is 0.109. The number of hydrogen-bond donors (Lipinski definition) is 2.